The van der Waals surface area contributed by atoms with Gasteiger partial charge in [0.2, 0.25) is 0 Å². The van der Waals surface area contributed by atoms with Crippen LogP contribution in [-0.2, 0) is 6.61 Å². The van der Waals surface area contributed by atoms with Crippen molar-refractivity contribution in [3.05, 3.63) is 72.1 Å². The van der Waals surface area contributed by atoms with E-state index in [9.17, 15) is 4.79 Å². The lowest BCUT2D eigenvalue weighted by atomic mass is 10.1. The number of nitrogens with zero attached hydrogens (tertiary/aromatic N) is 1. The van der Waals surface area contributed by atoms with Gasteiger partial charge in [-0.15, -0.1) is 0 Å². The van der Waals surface area contributed by atoms with E-state index in [0.29, 0.717) is 6.61 Å². The number of carbonyl (C=O) groups excluding carboxylic acids is 1. The number of ether oxygens (including phenoxy) is 1. The van der Waals surface area contributed by atoms with Crippen LogP contribution >= 0.6 is 0 Å². The smallest absolute Gasteiger partial charge is 0.267 e. The highest BCUT2D eigenvalue weighted by molar-refractivity contribution is 6.11. The third-order valence-corrected chi connectivity index (χ3v) is 3.96. The number of aromatic nitrogens is 2. The van der Waals surface area contributed by atoms with Crippen LogP contribution in [0.3, 0.4) is 0 Å². The average molecular weight is 317 g/mol. The van der Waals surface area contributed by atoms with Crippen LogP contribution in [0.4, 0.5) is 0 Å². The van der Waals surface area contributed by atoms with Gasteiger partial charge in [0, 0.05) is 10.8 Å². The SMILES string of the molecule is NC(=O)c1cc2c(cn1)[nH]c1cccc(OCc3ccccc3)c12. The molecule has 0 saturated heterocycles. The van der Waals surface area contributed by atoms with Crippen molar-refractivity contribution in [3.63, 3.8) is 0 Å². The quantitative estimate of drug-likeness (QED) is 0.605. The van der Waals surface area contributed by atoms with Gasteiger partial charge in [0.25, 0.3) is 5.91 Å². The number of fused-ring (bicyclic) bond motifs is 3. The molecule has 0 saturated carbocycles. The van der Waals surface area contributed by atoms with E-state index in [1.807, 2.05) is 48.5 Å². The molecule has 2 aromatic heterocycles. The van der Waals surface area contributed by atoms with Crippen molar-refractivity contribution in [2.75, 3.05) is 0 Å². The number of hydrogen-bond acceptors (Lipinski definition) is 3. The van der Waals surface area contributed by atoms with Crippen molar-refractivity contribution in [2.24, 2.45) is 5.73 Å². The summed E-state index contributed by atoms with van der Waals surface area (Å²) >= 11 is 0. The van der Waals surface area contributed by atoms with Crippen molar-refractivity contribution < 1.29 is 9.53 Å². The van der Waals surface area contributed by atoms with Gasteiger partial charge in [-0.05, 0) is 23.8 Å². The first-order valence-corrected chi connectivity index (χ1v) is 7.59. The summed E-state index contributed by atoms with van der Waals surface area (Å²) in [5, 5.41) is 1.80. The van der Waals surface area contributed by atoms with Gasteiger partial charge in [0.05, 0.1) is 17.2 Å². The number of benzene rings is 2. The minimum Gasteiger partial charge on any atom is -0.488 e. The van der Waals surface area contributed by atoms with Crippen LogP contribution < -0.4 is 10.5 Å². The van der Waals surface area contributed by atoms with Crippen molar-refractivity contribution >= 4 is 27.7 Å². The summed E-state index contributed by atoms with van der Waals surface area (Å²) in [5.74, 6) is 0.207. The number of nitrogens with one attached hydrogen (secondary N) is 1. The van der Waals surface area contributed by atoms with E-state index in [1.54, 1.807) is 12.3 Å². The van der Waals surface area contributed by atoms with E-state index in [0.717, 1.165) is 33.1 Å². The van der Waals surface area contributed by atoms with E-state index in [-0.39, 0.29) is 5.69 Å². The lowest BCUT2D eigenvalue weighted by Crippen LogP contribution is -2.12. The van der Waals surface area contributed by atoms with Crippen molar-refractivity contribution in [3.8, 4) is 5.75 Å². The Morgan fingerprint density at radius 3 is 2.71 bits per heavy atom. The minimum atomic E-state index is -0.547. The van der Waals surface area contributed by atoms with Gasteiger partial charge in [-0.3, -0.25) is 4.79 Å². The van der Waals surface area contributed by atoms with Crippen LogP contribution in [0.25, 0.3) is 21.8 Å². The fraction of sp³-hybridized carbons (Fsp3) is 0.0526. The molecule has 2 heterocycles. The van der Waals surface area contributed by atoms with Gasteiger partial charge >= 0.3 is 0 Å². The lowest BCUT2D eigenvalue weighted by molar-refractivity contribution is 0.0996. The third kappa shape index (κ3) is 2.46. The molecule has 4 rings (SSSR count). The molecular weight excluding hydrogens is 302 g/mol. The highest BCUT2D eigenvalue weighted by Gasteiger charge is 2.12. The Morgan fingerprint density at radius 2 is 1.92 bits per heavy atom. The molecule has 0 atom stereocenters. The van der Waals surface area contributed by atoms with Gasteiger partial charge in [0.15, 0.2) is 0 Å². The molecule has 0 aliphatic rings. The molecule has 3 N–H and O–H groups in total. The summed E-state index contributed by atoms with van der Waals surface area (Å²) in [7, 11) is 0. The second-order valence-corrected chi connectivity index (χ2v) is 5.56. The van der Waals surface area contributed by atoms with Gasteiger partial charge in [-0.25, -0.2) is 4.98 Å². The van der Waals surface area contributed by atoms with Crippen molar-refractivity contribution in [2.45, 2.75) is 6.61 Å². The number of aromatic amines is 1. The highest BCUT2D eigenvalue weighted by atomic mass is 16.5. The maximum atomic E-state index is 11.4. The Morgan fingerprint density at radius 1 is 1.08 bits per heavy atom. The second-order valence-electron chi connectivity index (χ2n) is 5.56. The standard InChI is InChI=1S/C19H15N3O2/c20-19(23)15-9-13-16(10-21-15)22-14-7-4-8-17(18(13)14)24-11-12-5-2-1-3-6-12/h1-10,22H,11H2,(H2,20,23). The molecule has 1 amide bonds. The monoisotopic (exact) mass is 317 g/mol. The Bertz CT molecular complexity index is 1040. The van der Waals surface area contributed by atoms with E-state index in [4.69, 9.17) is 10.5 Å². The van der Waals surface area contributed by atoms with Crippen LogP contribution in [-0.4, -0.2) is 15.9 Å². The number of carbonyl (C=O) groups is 1. The first-order chi connectivity index (χ1) is 11.7. The summed E-state index contributed by atoms with van der Waals surface area (Å²) in [5.41, 5.74) is 8.44. The largest absolute Gasteiger partial charge is 0.488 e. The van der Waals surface area contributed by atoms with Crippen LogP contribution in [0.15, 0.2) is 60.8 Å². The van der Waals surface area contributed by atoms with Gasteiger partial charge in [-0.1, -0.05) is 36.4 Å². The predicted octanol–water partition coefficient (Wildman–Crippen LogP) is 3.39. The van der Waals surface area contributed by atoms with Gasteiger partial charge < -0.3 is 15.5 Å². The maximum Gasteiger partial charge on any atom is 0.267 e. The molecule has 4 aromatic rings. The molecule has 0 unspecified atom stereocenters. The number of pyridine rings is 1. The fourth-order valence-corrected chi connectivity index (χ4v) is 2.81. The van der Waals surface area contributed by atoms with Gasteiger partial charge in [-0.2, -0.15) is 0 Å². The number of hydrogen-bond donors (Lipinski definition) is 2. The first kappa shape index (κ1) is 14.3. The maximum absolute atomic E-state index is 11.4. The number of rotatable bonds is 4. The predicted molar refractivity (Wildman–Crippen MR) is 92.9 cm³/mol. The van der Waals surface area contributed by atoms with E-state index in [1.165, 1.54) is 0 Å². The van der Waals surface area contributed by atoms with Crippen LogP contribution in [0, 0.1) is 0 Å². The molecule has 0 radical (unpaired) electrons. The number of primary amides is 1. The highest BCUT2D eigenvalue weighted by Crippen LogP contribution is 2.33. The molecule has 118 valence electrons. The molecule has 24 heavy (non-hydrogen) atoms. The second kappa shape index (κ2) is 5.70. The zero-order chi connectivity index (χ0) is 16.5. The molecule has 0 aliphatic heterocycles. The first-order valence-electron chi connectivity index (χ1n) is 7.59. The van der Waals surface area contributed by atoms with Crippen LogP contribution in [0.1, 0.15) is 16.1 Å². The van der Waals surface area contributed by atoms with Crippen molar-refractivity contribution in [1.82, 2.24) is 9.97 Å². The molecule has 5 nitrogen and oxygen atoms in total. The summed E-state index contributed by atoms with van der Waals surface area (Å²) < 4.78 is 6.02. The summed E-state index contributed by atoms with van der Waals surface area (Å²) in [6, 6.07) is 17.5. The Hall–Kier alpha value is -3.34. The number of H-pyrrole nitrogens is 1. The molecule has 0 aliphatic carbocycles. The van der Waals surface area contributed by atoms with Gasteiger partial charge in [0.1, 0.15) is 18.1 Å². The molecule has 0 bridgehead atoms. The minimum absolute atomic E-state index is 0.237. The third-order valence-electron chi connectivity index (χ3n) is 3.96. The van der Waals surface area contributed by atoms with E-state index < -0.39 is 5.91 Å². The Labute approximate surface area is 138 Å². The average Bonchev–Trinajstić information content (AvgIpc) is 2.99. The van der Waals surface area contributed by atoms with E-state index in [2.05, 4.69) is 9.97 Å². The van der Waals surface area contributed by atoms with Crippen LogP contribution in [0.2, 0.25) is 0 Å². The van der Waals surface area contributed by atoms with E-state index >= 15 is 0 Å². The fourth-order valence-electron chi connectivity index (χ4n) is 2.81. The summed E-state index contributed by atoms with van der Waals surface area (Å²) in [6.45, 7) is 0.473. The molecule has 2 aromatic carbocycles. The summed E-state index contributed by atoms with van der Waals surface area (Å²) in [4.78, 5) is 18.8. The van der Waals surface area contributed by atoms with Crippen molar-refractivity contribution in [1.29, 1.82) is 0 Å². The normalized spacial score (nSPS) is 11.0. The molecule has 0 spiro atoms. The lowest BCUT2D eigenvalue weighted by Gasteiger charge is -2.08. The Balaban J connectivity index is 1.81. The molecular formula is C19H15N3O2. The number of nitrogens with two attached hydrogens (primary N) is 1. The molecule has 0 fully saturated rings. The summed E-state index contributed by atoms with van der Waals surface area (Å²) in [6.07, 6.45) is 1.62. The zero-order valence-corrected chi connectivity index (χ0v) is 12.8. The number of amides is 1. The van der Waals surface area contributed by atoms with Crippen LogP contribution in [0.5, 0.6) is 5.75 Å². The Kier molecular flexibility index (Phi) is 3.39. The molecule has 5 heteroatoms. The zero-order valence-electron chi connectivity index (χ0n) is 12.8. The topological polar surface area (TPSA) is 81.0 Å².